The molecule has 1 atom stereocenters. The number of nitrogens with one attached hydrogen (secondary N) is 1. The van der Waals surface area contributed by atoms with E-state index in [-0.39, 0.29) is 0 Å². The number of aryl methyl sites for hydroxylation is 2. The number of fused-ring (bicyclic) bond motifs is 2. The van der Waals surface area contributed by atoms with Gasteiger partial charge in [0.25, 0.3) is 0 Å². The van der Waals surface area contributed by atoms with Gasteiger partial charge in [0.1, 0.15) is 17.7 Å². The SMILES string of the molecule is Cn1cc2c(NCC3(O)CCCc4ccccc43)ncnc2n1. The van der Waals surface area contributed by atoms with Crippen molar-refractivity contribution in [3.63, 3.8) is 0 Å². The van der Waals surface area contributed by atoms with E-state index in [0.717, 1.165) is 30.2 Å². The average molecular weight is 309 g/mol. The molecule has 3 aromatic rings. The summed E-state index contributed by atoms with van der Waals surface area (Å²) in [7, 11) is 1.86. The summed E-state index contributed by atoms with van der Waals surface area (Å²) < 4.78 is 1.72. The van der Waals surface area contributed by atoms with E-state index in [1.807, 2.05) is 31.4 Å². The molecule has 1 aromatic carbocycles. The number of anilines is 1. The zero-order valence-corrected chi connectivity index (χ0v) is 13.0. The summed E-state index contributed by atoms with van der Waals surface area (Å²) in [5.41, 5.74) is 2.04. The molecule has 4 rings (SSSR count). The Balaban J connectivity index is 1.64. The van der Waals surface area contributed by atoms with Crippen LogP contribution in [0.5, 0.6) is 0 Å². The molecule has 2 heterocycles. The lowest BCUT2D eigenvalue weighted by Crippen LogP contribution is -2.37. The largest absolute Gasteiger partial charge is 0.383 e. The molecule has 2 N–H and O–H groups in total. The predicted octanol–water partition coefficient (Wildman–Crippen LogP) is 2.00. The zero-order chi connectivity index (χ0) is 15.9. The van der Waals surface area contributed by atoms with E-state index in [1.54, 1.807) is 4.68 Å². The van der Waals surface area contributed by atoms with Crippen LogP contribution in [-0.4, -0.2) is 31.4 Å². The van der Waals surface area contributed by atoms with Crippen LogP contribution in [-0.2, 0) is 19.1 Å². The van der Waals surface area contributed by atoms with Gasteiger partial charge in [-0.15, -0.1) is 0 Å². The molecular formula is C17H19N5O. The zero-order valence-electron chi connectivity index (χ0n) is 13.0. The second kappa shape index (κ2) is 5.31. The van der Waals surface area contributed by atoms with Gasteiger partial charge in [-0.25, -0.2) is 9.97 Å². The van der Waals surface area contributed by atoms with E-state index >= 15 is 0 Å². The lowest BCUT2D eigenvalue weighted by Gasteiger charge is -2.34. The van der Waals surface area contributed by atoms with Gasteiger partial charge >= 0.3 is 0 Å². The molecule has 0 saturated carbocycles. The fourth-order valence-corrected chi connectivity index (χ4v) is 3.40. The third kappa shape index (κ3) is 2.45. The Morgan fingerprint density at radius 3 is 3.09 bits per heavy atom. The first-order valence-corrected chi connectivity index (χ1v) is 7.85. The lowest BCUT2D eigenvalue weighted by molar-refractivity contribution is 0.0322. The highest BCUT2D eigenvalue weighted by molar-refractivity contribution is 5.85. The summed E-state index contributed by atoms with van der Waals surface area (Å²) in [4.78, 5) is 8.47. The predicted molar refractivity (Wildman–Crippen MR) is 88.1 cm³/mol. The summed E-state index contributed by atoms with van der Waals surface area (Å²) in [5, 5.41) is 19.6. The van der Waals surface area contributed by atoms with E-state index in [9.17, 15) is 5.11 Å². The molecule has 0 saturated heterocycles. The summed E-state index contributed by atoms with van der Waals surface area (Å²) in [5.74, 6) is 0.708. The number of rotatable bonds is 3. The molecule has 0 aliphatic heterocycles. The van der Waals surface area contributed by atoms with Crippen molar-refractivity contribution in [3.05, 3.63) is 47.9 Å². The first kappa shape index (κ1) is 14.1. The molecule has 23 heavy (non-hydrogen) atoms. The summed E-state index contributed by atoms with van der Waals surface area (Å²) in [6.07, 6.45) is 6.14. The van der Waals surface area contributed by atoms with Crippen LogP contribution in [0.15, 0.2) is 36.8 Å². The van der Waals surface area contributed by atoms with Gasteiger partial charge in [-0.2, -0.15) is 5.10 Å². The molecule has 1 aliphatic rings. The molecule has 0 bridgehead atoms. The van der Waals surface area contributed by atoms with Crippen molar-refractivity contribution in [2.45, 2.75) is 24.9 Å². The van der Waals surface area contributed by atoms with Gasteiger partial charge in [0.15, 0.2) is 5.65 Å². The second-order valence-electron chi connectivity index (χ2n) is 6.16. The van der Waals surface area contributed by atoms with E-state index in [0.29, 0.717) is 18.0 Å². The topological polar surface area (TPSA) is 75.9 Å². The maximum Gasteiger partial charge on any atom is 0.186 e. The standard InChI is InChI=1S/C17H19N5O/c1-22-9-13-15(19-11-20-16(13)21-22)18-10-17(23)8-4-6-12-5-2-3-7-14(12)17/h2-3,5,7,9,11,23H,4,6,8,10H2,1H3,(H,18,19,20,21). The number of hydrogen-bond acceptors (Lipinski definition) is 5. The van der Waals surface area contributed by atoms with Gasteiger partial charge in [-0.1, -0.05) is 24.3 Å². The van der Waals surface area contributed by atoms with Crippen LogP contribution < -0.4 is 5.32 Å². The van der Waals surface area contributed by atoms with Crippen molar-refractivity contribution in [1.29, 1.82) is 0 Å². The molecule has 0 radical (unpaired) electrons. The summed E-state index contributed by atoms with van der Waals surface area (Å²) in [6.45, 7) is 0.422. The quantitative estimate of drug-likeness (QED) is 0.774. The molecule has 6 heteroatoms. The maximum atomic E-state index is 11.1. The molecule has 0 fully saturated rings. The monoisotopic (exact) mass is 309 g/mol. The Kier molecular flexibility index (Phi) is 3.27. The third-order valence-corrected chi connectivity index (χ3v) is 4.53. The first-order chi connectivity index (χ1) is 11.2. The minimum absolute atomic E-state index is 0.422. The molecule has 0 spiro atoms. The van der Waals surface area contributed by atoms with Crippen LogP contribution in [0.4, 0.5) is 5.82 Å². The van der Waals surface area contributed by atoms with Crippen molar-refractivity contribution in [1.82, 2.24) is 19.7 Å². The third-order valence-electron chi connectivity index (χ3n) is 4.53. The van der Waals surface area contributed by atoms with Crippen LogP contribution in [0.3, 0.4) is 0 Å². The molecule has 1 aliphatic carbocycles. The van der Waals surface area contributed by atoms with Gasteiger partial charge in [0, 0.05) is 19.8 Å². The second-order valence-corrected chi connectivity index (χ2v) is 6.16. The number of aromatic nitrogens is 4. The molecule has 118 valence electrons. The normalized spacial score (nSPS) is 20.4. The van der Waals surface area contributed by atoms with Gasteiger partial charge in [-0.3, -0.25) is 4.68 Å². The van der Waals surface area contributed by atoms with E-state index in [4.69, 9.17) is 0 Å². The smallest absolute Gasteiger partial charge is 0.186 e. The van der Waals surface area contributed by atoms with Crippen LogP contribution in [0.25, 0.3) is 11.0 Å². The number of nitrogens with zero attached hydrogens (tertiary/aromatic N) is 4. The van der Waals surface area contributed by atoms with Crippen LogP contribution in [0, 0.1) is 0 Å². The minimum Gasteiger partial charge on any atom is -0.383 e. The Labute approximate surface area is 134 Å². The maximum absolute atomic E-state index is 11.1. The van der Waals surface area contributed by atoms with Crippen LogP contribution >= 0.6 is 0 Å². The van der Waals surface area contributed by atoms with Gasteiger partial charge < -0.3 is 10.4 Å². The van der Waals surface area contributed by atoms with Crippen LogP contribution in [0.2, 0.25) is 0 Å². The first-order valence-electron chi connectivity index (χ1n) is 7.85. The highest BCUT2D eigenvalue weighted by atomic mass is 16.3. The highest BCUT2D eigenvalue weighted by Crippen LogP contribution is 2.35. The lowest BCUT2D eigenvalue weighted by atomic mass is 9.79. The number of benzene rings is 1. The van der Waals surface area contributed by atoms with E-state index in [1.165, 1.54) is 11.9 Å². The fourth-order valence-electron chi connectivity index (χ4n) is 3.40. The summed E-state index contributed by atoms with van der Waals surface area (Å²) in [6, 6.07) is 8.14. The number of hydrogen-bond donors (Lipinski definition) is 2. The summed E-state index contributed by atoms with van der Waals surface area (Å²) >= 11 is 0. The van der Waals surface area contributed by atoms with Gasteiger partial charge in [0.2, 0.25) is 0 Å². The molecule has 6 nitrogen and oxygen atoms in total. The Morgan fingerprint density at radius 1 is 1.30 bits per heavy atom. The van der Waals surface area contributed by atoms with Gasteiger partial charge in [0.05, 0.1) is 5.39 Å². The Morgan fingerprint density at radius 2 is 2.17 bits per heavy atom. The highest BCUT2D eigenvalue weighted by Gasteiger charge is 2.34. The van der Waals surface area contributed by atoms with Crippen molar-refractivity contribution < 1.29 is 5.11 Å². The van der Waals surface area contributed by atoms with E-state index < -0.39 is 5.60 Å². The Hall–Kier alpha value is -2.47. The Bertz CT molecular complexity index is 859. The molecule has 1 unspecified atom stereocenters. The molecule has 2 aromatic heterocycles. The fraction of sp³-hybridized carbons (Fsp3) is 0.353. The number of aliphatic hydroxyl groups is 1. The van der Waals surface area contributed by atoms with Crippen molar-refractivity contribution in [3.8, 4) is 0 Å². The van der Waals surface area contributed by atoms with Crippen LogP contribution in [0.1, 0.15) is 24.0 Å². The minimum atomic E-state index is -0.867. The molecule has 0 amide bonds. The van der Waals surface area contributed by atoms with Crippen molar-refractivity contribution in [2.24, 2.45) is 7.05 Å². The van der Waals surface area contributed by atoms with Crippen molar-refractivity contribution >= 4 is 16.9 Å². The average Bonchev–Trinajstić information content (AvgIpc) is 2.94. The van der Waals surface area contributed by atoms with E-state index in [2.05, 4.69) is 26.4 Å². The van der Waals surface area contributed by atoms with Crippen molar-refractivity contribution in [2.75, 3.05) is 11.9 Å². The van der Waals surface area contributed by atoms with Gasteiger partial charge in [-0.05, 0) is 30.4 Å². The molecular weight excluding hydrogens is 290 g/mol.